The maximum atomic E-state index is 12.9. The number of aromatic nitrogens is 2. The number of nitrogens with one attached hydrogen (secondary N) is 1. The lowest BCUT2D eigenvalue weighted by Crippen LogP contribution is -2.12. The summed E-state index contributed by atoms with van der Waals surface area (Å²) in [5, 5.41) is 2.89. The number of carbonyl (C=O) groups excluding carboxylic acids is 1. The van der Waals surface area contributed by atoms with Gasteiger partial charge in [0.05, 0.1) is 32.4 Å². The summed E-state index contributed by atoms with van der Waals surface area (Å²) >= 11 is 0. The first-order valence-corrected chi connectivity index (χ1v) is 9.71. The third-order valence-electron chi connectivity index (χ3n) is 5.02. The first kappa shape index (κ1) is 20.3. The van der Waals surface area contributed by atoms with E-state index in [-0.39, 0.29) is 5.91 Å². The second-order valence-electron chi connectivity index (χ2n) is 6.90. The van der Waals surface area contributed by atoms with Crippen LogP contribution in [-0.2, 0) is 0 Å². The number of hydrogen-bond acceptors (Lipinski definition) is 5. The zero-order chi connectivity index (χ0) is 22.0. The summed E-state index contributed by atoms with van der Waals surface area (Å²) < 4.78 is 18.1. The zero-order valence-corrected chi connectivity index (χ0v) is 17.8. The first-order chi connectivity index (χ1) is 15.0. The lowest BCUT2D eigenvalue weighted by atomic mass is 10.1. The van der Waals surface area contributed by atoms with Crippen molar-refractivity contribution in [2.24, 2.45) is 0 Å². The molecule has 158 valence electrons. The highest BCUT2D eigenvalue weighted by Crippen LogP contribution is 2.40. The summed E-state index contributed by atoms with van der Waals surface area (Å²) in [5.74, 6) is 1.98. The Balaban J connectivity index is 1.66. The number of imidazole rings is 1. The van der Waals surface area contributed by atoms with Gasteiger partial charge in [0.2, 0.25) is 5.75 Å². The van der Waals surface area contributed by atoms with Crippen LogP contribution >= 0.6 is 0 Å². The minimum Gasteiger partial charge on any atom is -0.493 e. The van der Waals surface area contributed by atoms with Crippen molar-refractivity contribution in [1.29, 1.82) is 0 Å². The van der Waals surface area contributed by atoms with E-state index < -0.39 is 0 Å². The van der Waals surface area contributed by atoms with Gasteiger partial charge in [-0.1, -0.05) is 18.2 Å². The summed E-state index contributed by atoms with van der Waals surface area (Å²) in [4.78, 5) is 17.6. The van der Waals surface area contributed by atoms with Crippen LogP contribution in [-0.4, -0.2) is 36.8 Å². The Morgan fingerprint density at radius 1 is 0.903 bits per heavy atom. The molecule has 1 N–H and O–H groups in total. The Morgan fingerprint density at radius 2 is 1.58 bits per heavy atom. The summed E-state index contributed by atoms with van der Waals surface area (Å²) in [6.45, 7) is 1.95. The molecule has 4 aromatic rings. The molecule has 0 atom stereocenters. The molecule has 3 aromatic carbocycles. The Hall–Kier alpha value is -4.00. The van der Waals surface area contributed by atoms with E-state index in [1.807, 2.05) is 43.3 Å². The average molecular weight is 417 g/mol. The highest BCUT2D eigenvalue weighted by Gasteiger charge is 2.16. The van der Waals surface area contributed by atoms with Crippen molar-refractivity contribution >= 4 is 22.6 Å². The molecule has 0 bridgehead atoms. The number of hydrogen-bond donors (Lipinski definition) is 1. The van der Waals surface area contributed by atoms with Crippen LogP contribution in [0.2, 0.25) is 0 Å². The summed E-state index contributed by atoms with van der Waals surface area (Å²) in [6.07, 6.45) is 0. The lowest BCUT2D eigenvalue weighted by Gasteiger charge is -2.14. The number of amides is 1. The van der Waals surface area contributed by atoms with E-state index in [2.05, 4.69) is 14.9 Å². The molecule has 1 aromatic heterocycles. The molecular weight excluding hydrogens is 394 g/mol. The average Bonchev–Trinajstić information content (AvgIpc) is 3.13. The predicted molar refractivity (Wildman–Crippen MR) is 120 cm³/mol. The maximum Gasteiger partial charge on any atom is 0.255 e. The van der Waals surface area contributed by atoms with Crippen LogP contribution in [0, 0.1) is 6.92 Å². The monoisotopic (exact) mass is 417 g/mol. The molecule has 0 spiro atoms. The first-order valence-electron chi connectivity index (χ1n) is 9.71. The Bertz CT molecular complexity index is 1220. The normalized spacial score (nSPS) is 10.7. The van der Waals surface area contributed by atoms with Gasteiger partial charge in [-0.25, -0.2) is 4.98 Å². The lowest BCUT2D eigenvalue weighted by molar-refractivity contribution is 0.102. The van der Waals surface area contributed by atoms with Crippen LogP contribution in [0.3, 0.4) is 0 Å². The standard InChI is InChI=1S/C24H23N3O4/c1-15-25-19-12-16(10-11-20(19)27(15)18-8-6-5-7-9-18)24(28)26-17-13-21(29-2)23(31-4)22(14-17)30-3/h5-14H,1-4H3,(H,26,28). The Morgan fingerprint density at radius 3 is 2.19 bits per heavy atom. The molecular formula is C24H23N3O4. The summed E-state index contributed by atoms with van der Waals surface area (Å²) in [5.41, 5.74) is 3.74. The van der Waals surface area contributed by atoms with Gasteiger partial charge in [0.15, 0.2) is 11.5 Å². The van der Waals surface area contributed by atoms with Crippen molar-refractivity contribution in [2.75, 3.05) is 26.6 Å². The van der Waals surface area contributed by atoms with Crippen LogP contribution in [0.15, 0.2) is 60.7 Å². The van der Waals surface area contributed by atoms with Gasteiger partial charge in [-0.05, 0) is 37.3 Å². The SMILES string of the molecule is COc1cc(NC(=O)c2ccc3c(c2)nc(C)n3-c2ccccc2)cc(OC)c1OC. The van der Waals surface area contributed by atoms with Gasteiger partial charge in [0.1, 0.15) is 5.82 Å². The minimum absolute atomic E-state index is 0.261. The molecule has 31 heavy (non-hydrogen) atoms. The van der Waals surface area contributed by atoms with E-state index >= 15 is 0 Å². The number of nitrogens with zero attached hydrogens (tertiary/aromatic N) is 2. The number of para-hydroxylation sites is 1. The van der Waals surface area contributed by atoms with Crippen molar-refractivity contribution in [3.63, 3.8) is 0 Å². The van der Waals surface area contributed by atoms with Crippen molar-refractivity contribution < 1.29 is 19.0 Å². The fraction of sp³-hybridized carbons (Fsp3) is 0.167. The van der Waals surface area contributed by atoms with Crippen molar-refractivity contribution in [1.82, 2.24) is 9.55 Å². The van der Waals surface area contributed by atoms with Gasteiger partial charge in [-0.2, -0.15) is 0 Å². The van der Waals surface area contributed by atoms with E-state index in [1.165, 1.54) is 21.3 Å². The number of aryl methyl sites for hydroxylation is 1. The number of methoxy groups -OCH3 is 3. The number of ether oxygens (including phenoxy) is 3. The van der Waals surface area contributed by atoms with Crippen molar-refractivity contribution in [3.8, 4) is 22.9 Å². The summed E-state index contributed by atoms with van der Waals surface area (Å²) in [7, 11) is 4.59. The number of anilines is 1. The second-order valence-corrected chi connectivity index (χ2v) is 6.90. The molecule has 0 aliphatic carbocycles. The fourth-order valence-electron chi connectivity index (χ4n) is 3.60. The number of fused-ring (bicyclic) bond motifs is 1. The van der Waals surface area contributed by atoms with Crippen LogP contribution < -0.4 is 19.5 Å². The van der Waals surface area contributed by atoms with Crippen molar-refractivity contribution in [2.45, 2.75) is 6.92 Å². The van der Waals surface area contributed by atoms with Gasteiger partial charge in [0.25, 0.3) is 5.91 Å². The minimum atomic E-state index is -0.261. The molecule has 0 aliphatic rings. The third-order valence-corrected chi connectivity index (χ3v) is 5.02. The highest BCUT2D eigenvalue weighted by molar-refractivity contribution is 6.06. The highest BCUT2D eigenvalue weighted by atomic mass is 16.5. The van der Waals surface area contributed by atoms with E-state index in [4.69, 9.17) is 14.2 Å². The molecule has 0 fully saturated rings. The number of rotatable bonds is 6. The second kappa shape index (κ2) is 8.39. The zero-order valence-electron chi connectivity index (χ0n) is 17.8. The largest absolute Gasteiger partial charge is 0.493 e. The molecule has 0 saturated heterocycles. The molecule has 7 heteroatoms. The molecule has 1 heterocycles. The van der Waals surface area contributed by atoms with E-state index in [0.717, 1.165) is 22.5 Å². The number of benzene rings is 3. The van der Waals surface area contributed by atoms with E-state index in [9.17, 15) is 4.79 Å². The summed E-state index contributed by atoms with van der Waals surface area (Å²) in [6, 6.07) is 18.9. The van der Waals surface area contributed by atoms with Gasteiger partial charge in [0, 0.05) is 29.1 Å². The number of carbonyl (C=O) groups is 1. The van der Waals surface area contributed by atoms with Crippen LogP contribution in [0.5, 0.6) is 17.2 Å². The van der Waals surface area contributed by atoms with Crippen molar-refractivity contribution in [3.05, 3.63) is 72.1 Å². The maximum absolute atomic E-state index is 12.9. The molecule has 0 aliphatic heterocycles. The molecule has 0 radical (unpaired) electrons. The molecule has 1 amide bonds. The predicted octanol–water partition coefficient (Wildman–Crippen LogP) is 4.61. The smallest absolute Gasteiger partial charge is 0.255 e. The van der Waals surface area contributed by atoms with Gasteiger partial charge >= 0.3 is 0 Å². The van der Waals surface area contributed by atoms with E-state index in [0.29, 0.717) is 28.5 Å². The molecule has 0 unspecified atom stereocenters. The molecule has 0 saturated carbocycles. The fourth-order valence-corrected chi connectivity index (χ4v) is 3.60. The Kier molecular flexibility index (Phi) is 5.49. The van der Waals surface area contributed by atoms with Crippen LogP contribution in [0.25, 0.3) is 16.7 Å². The third kappa shape index (κ3) is 3.77. The van der Waals surface area contributed by atoms with E-state index in [1.54, 1.807) is 24.3 Å². The van der Waals surface area contributed by atoms with Crippen LogP contribution in [0.4, 0.5) is 5.69 Å². The topological polar surface area (TPSA) is 74.6 Å². The van der Waals surface area contributed by atoms with Gasteiger partial charge in [-0.15, -0.1) is 0 Å². The molecule has 4 rings (SSSR count). The van der Waals surface area contributed by atoms with Crippen LogP contribution in [0.1, 0.15) is 16.2 Å². The molecule has 7 nitrogen and oxygen atoms in total. The van der Waals surface area contributed by atoms with Gasteiger partial charge < -0.3 is 19.5 Å². The van der Waals surface area contributed by atoms with Gasteiger partial charge in [-0.3, -0.25) is 9.36 Å². The quantitative estimate of drug-likeness (QED) is 0.496. The Labute approximate surface area is 180 Å².